The molecule has 4 nitrogen and oxygen atoms in total. The van der Waals surface area contributed by atoms with E-state index in [-0.39, 0.29) is 23.6 Å². The van der Waals surface area contributed by atoms with Crippen LogP contribution in [0.5, 0.6) is 0 Å². The SMILES string of the molecule is CC(C)c1cccc(CC(C)c2cncc(CC(C)c3cnc(Cl)cn3)n2)c1F. The van der Waals surface area contributed by atoms with Crippen molar-refractivity contribution in [2.75, 3.05) is 0 Å². The van der Waals surface area contributed by atoms with Crippen LogP contribution in [0, 0.1) is 5.82 Å². The Morgan fingerprint density at radius 1 is 0.897 bits per heavy atom. The minimum absolute atomic E-state index is 0.0602. The van der Waals surface area contributed by atoms with Crippen LogP contribution < -0.4 is 0 Å². The quantitative estimate of drug-likeness (QED) is 0.486. The summed E-state index contributed by atoms with van der Waals surface area (Å²) in [6.07, 6.45) is 8.07. The first-order valence-corrected chi connectivity index (χ1v) is 10.3. The molecule has 29 heavy (non-hydrogen) atoms. The fraction of sp³-hybridized carbons (Fsp3) is 0.391. The van der Waals surface area contributed by atoms with Crippen LogP contribution in [0.25, 0.3) is 0 Å². The normalized spacial score (nSPS) is 13.5. The Labute approximate surface area is 176 Å². The van der Waals surface area contributed by atoms with E-state index in [1.165, 1.54) is 0 Å². The highest BCUT2D eigenvalue weighted by molar-refractivity contribution is 6.29. The highest BCUT2D eigenvalue weighted by atomic mass is 35.5. The maximum absolute atomic E-state index is 14.8. The molecule has 2 heterocycles. The average Bonchev–Trinajstić information content (AvgIpc) is 2.70. The number of aromatic nitrogens is 4. The Hall–Kier alpha value is -2.40. The Morgan fingerprint density at radius 2 is 1.66 bits per heavy atom. The third kappa shape index (κ3) is 5.36. The minimum Gasteiger partial charge on any atom is -0.261 e. The summed E-state index contributed by atoms with van der Waals surface area (Å²) in [5.41, 5.74) is 4.09. The third-order valence-corrected chi connectivity index (χ3v) is 5.32. The van der Waals surface area contributed by atoms with Crippen LogP contribution in [0.15, 0.2) is 43.0 Å². The molecule has 3 aromatic rings. The van der Waals surface area contributed by atoms with Gasteiger partial charge in [0.1, 0.15) is 11.0 Å². The van der Waals surface area contributed by atoms with E-state index in [0.717, 1.165) is 28.2 Å². The zero-order valence-electron chi connectivity index (χ0n) is 17.2. The molecule has 0 spiro atoms. The lowest BCUT2D eigenvalue weighted by Crippen LogP contribution is -2.09. The highest BCUT2D eigenvalue weighted by Crippen LogP contribution is 2.26. The predicted octanol–water partition coefficient (Wildman–Crippen LogP) is 5.87. The van der Waals surface area contributed by atoms with E-state index in [9.17, 15) is 4.39 Å². The third-order valence-electron chi connectivity index (χ3n) is 5.13. The van der Waals surface area contributed by atoms with E-state index in [4.69, 9.17) is 16.6 Å². The molecule has 0 radical (unpaired) electrons. The van der Waals surface area contributed by atoms with Crippen molar-refractivity contribution in [2.45, 2.75) is 58.3 Å². The first-order valence-electron chi connectivity index (χ1n) is 9.90. The summed E-state index contributed by atoms with van der Waals surface area (Å²) in [7, 11) is 0. The lowest BCUT2D eigenvalue weighted by molar-refractivity contribution is 0.570. The van der Waals surface area contributed by atoms with Gasteiger partial charge >= 0.3 is 0 Å². The van der Waals surface area contributed by atoms with E-state index in [0.29, 0.717) is 18.0 Å². The fourth-order valence-electron chi connectivity index (χ4n) is 3.39. The molecule has 2 aromatic heterocycles. The van der Waals surface area contributed by atoms with Crippen LogP contribution in [0.4, 0.5) is 4.39 Å². The molecule has 6 heteroatoms. The van der Waals surface area contributed by atoms with Gasteiger partial charge in [0.05, 0.1) is 29.5 Å². The second kappa shape index (κ2) is 9.40. The van der Waals surface area contributed by atoms with Gasteiger partial charge in [0.15, 0.2) is 0 Å². The van der Waals surface area contributed by atoms with Crippen LogP contribution in [0.2, 0.25) is 5.15 Å². The largest absolute Gasteiger partial charge is 0.261 e. The predicted molar refractivity (Wildman–Crippen MR) is 114 cm³/mol. The summed E-state index contributed by atoms with van der Waals surface area (Å²) in [6.45, 7) is 8.14. The topological polar surface area (TPSA) is 51.6 Å². The summed E-state index contributed by atoms with van der Waals surface area (Å²) in [5.74, 6) is 0.254. The van der Waals surface area contributed by atoms with E-state index < -0.39 is 0 Å². The second-order valence-electron chi connectivity index (χ2n) is 7.88. The van der Waals surface area contributed by atoms with Crippen LogP contribution in [-0.2, 0) is 12.8 Å². The monoisotopic (exact) mass is 412 g/mol. The van der Waals surface area contributed by atoms with E-state index in [1.807, 2.05) is 32.0 Å². The molecule has 2 unspecified atom stereocenters. The molecule has 0 aliphatic carbocycles. The van der Waals surface area contributed by atoms with Crippen LogP contribution in [-0.4, -0.2) is 19.9 Å². The van der Waals surface area contributed by atoms with Gasteiger partial charge in [-0.05, 0) is 29.9 Å². The smallest absolute Gasteiger partial charge is 0.147 e. The summed E-state index contributed by atoms with van der Waals surface area (Å²) in [5, 5.41) is 0.380. The number of halogens is 2. The molecule has 0 bridgehead atoms. The number of hydrogen-bond acceptors (Lipinski definition) is 4. The Bertz CT molecular complexity index is 959. The van der Waals surface area contributed by atoms with Crippen molar-refractivity contribution in [3.63, 3.8) is 0 Å². The Balaban J connectivity index is 1.73. The second-order valence-corrected chi connectivity index (χ2v) is 8.27. The Morgan fingerprint density at radius 3 is 2.34 bits per heavy atom. The fourth-order valence-corrected chi connectivity index (χ4v) is 3.49. The molecule has 0 saturated heterocycles. The van der Waals surface area contributed by atoms with Gasteiger partial charge in [-0.2, -0.15) is 0 Å². The zero-order chi connectivity index (χ0) is 21.0. The molecular formula is C23H26ClFN4. The van der Waals surface area contributed by atoms with Crippen molar-refractivity contribution >= 4 is 11.6 Å². The Kier molecular flexibility index (Phi) is 6.91. The molecule has 1 aromatic carbocycles. The average molecular weight is 413 g/mol. The van der Waals surface area contributed by atoms with Gasteiger partial charge in [0, 0.05) is 24.2 Å². The van der Waals surface area contributed by atoms with Crippen LogP contribution in [0.1, 0.15) is 73.7 Å². The summed E-state index contributed by atoms with van der Waals surface area (Å²) < 4.78 is 14.8. The number of benzene rings is 1. The first kappa shape index (κ1) is 21.3. The molecule has 0 N–H and O–H groups in total. The van der Waals surface area contributed by atoms with Crippen molar-refractivity contribution in [2.24, 2.45) is 0 Å². The van der Waals surface area contributed by atoms with Gasteiger partial charge in [-0.1, -0.05) is 57.5 Å². The minimum atomic E-state index is -0.103. The van der Waals surface area contributed by atoms with Crippen molar-refractivity contribution < 1.29 is 4.39 Å². The summed E-state index contributed by atoms with van der Waals surface area (Å²) >= 11 is 5.81. The van der Waals surface area contributed by atoms with Gasteiger partial charge < -0.3 is 0 Å². The molecule has 0 aliphatic heterocycles. The first-order chi connectivity index (χ1) is 13.8. The van der Waals surface area contributed by atoms with Gasteiger partial charge in [0.2, 0.25) is 0 Å². The van der Waals surface area contributed by atoms with E-state index >= 15 is 0 Å². The van der Waals surface area contributed by atoms with Crippen molar-refractivity contribution in [1.82, 2.24) is 19.9 Å². The number of nitrogens with zero attached hydrogens (tertiary/aromatic N) is 4. The molecule has 152 valence electrons. The molecule has 2 atom stereocenters. The molecule has 3 rings (SSSR count). The van der Waals surface area contributed by atoms with Gasteiger partial charge in [-0.15, -0.1) is 0 Å². The van der Waals surface area contributed by atoms with Crippen molar-refractivity contribution in [1.29, 1.82) is 0 Å². The maximum atomic E-state index is 14.8. The molecule has 0 saturated carbocycles. The van der Waals surface area contributed by atoms with Crippen LogP contribution in [0.3, 0.4) is 0 Å². The zero-order valence-corrected chi connectivity index (χ0v) is 18.0. The maximum Gasteiger partial charge on any atom is 0.147 e. The summed E-state index contributed by atoms with van der Waals surface area (Å²) in [4.78, 5) is 17.6. The van der Waals surface area contributed by atoms with E-state index in [1.54, 1.807) is 24.8 Å². The van der Waals surface area contributed by atoms with Gasteiger partial charge in [0.25, 0.3) is 0 Å². The van der Waals surface area contributed by atoms with Crippen LogP contribution >= 0.6 is 11.6 Å². The summed E-state index contributed by atoms with van der Waals surface area (Å²) in [6, 6.07) is 5.64. The number of hydrogen-bond donors (Lipinski definition) is 0. The van der Waals surface area contributed by atoms with Crippen molar-refractivity contribution in [3.8, 4) is 0 Å². The lowest BCUT2D eigenvalue weighted by atomic mass is 9.93. The van der Waals surface area contributed by atoms with E-state index in [2.05, 4.69) is 28.8 Å². The standard InChI is InChI=1S/C23H26ClFN4/c1-14(2)19-7-5-6-17(23(19)25)8-15(3)21-11-26-10-18(29-21)9-16(4)20-12-28-22(24)13-27-20/h5-7,10-16H,8-9H2,1-4H3. The molecule has 0 amide bonds. The van der Waals surface area contributed by atoms with Gasteiger partial charge in [-0.3, -0.25) is 15.0 Å². The lowest BCUT2D eigenvalue weighted by Gasteiger charge is -2.16. The molecule has 0 aliphatic rings. The molecular weight excluding hydrogens is 387 g/mol. The number of rotatable bonds is 7. The van der Waals surface area contributed by atoms with Gasteiger partial charge in [-0.25, -0.2) is 9.37 Å². The van der Waals surface area contributed by atoms with Crippen molar-refractivity contribution in [3.05, 3.63) is 82.2 Å². The molecule has 0 fully saturated rings. The highest BCUT2D eigenvalue weighted by Gasteiger charge is 2.17.